The summed E-state index contributed by atoms with van der Waals surface area (Å²) in [6, 6.07) is 24.2. The van der Waals surface area contributed by atoms with Crippen LogP contribution >= 0.6 is 0 Å². The van der Waals surface area contributed by atoms with Crippen LogP contribution in [-0.4, -0.2) is 35.9 Å². The molecule has 12 heteroatoms. The van der Waals surface area contributed by atoms with Gasteiger partial charge in [-0.1, -0.05) is 18.2 Å². The number of nitrogens with one attached hydrogen (secondary N) is 2. The normalized spacial score (nSPS) is 11.4. The number of carbonyl (C=O) groups is 1. The van der Waals surface area contributed by atoms with Crippen molar-refractivity contribution in [1.82, 2.24) is 0 Å². The lowest BCUT2D eigenvalue weighted by Crippen LogP contribution is -2.38. The number of anilines is 3. The van der Waals surface area contributed by atoms with Crippen LogP contribution in [0.25, 0.3) is 0 Å². The Balaban J connectivity index is 1.53. The average molecular weight is 584 g/mol. The first-order valence-electron chi connectivity index (χ1n) is 12.1. The fourth-order valence-corrected chi connectivity index (χ4v) is 6.17. The highest BCUT2D eigenvalue weighted by molar-refractivity contribution is 7.93. The maximum atomic E-state index is 13.6. The first-order chi connectivity index (χ1) is 19.1. The van der Waals surface area contributed by atoms with Crippen molar-refractivity contribution < 1.29 is 30.8 Å². The molecule has 0 aliphatic carbocycles. The monoisotopic (exact) mass is 583 g/mol. The van der Waals surface area contributed by atoms with Gasteiger partial charge in [-0.05, 0) is 91.9 Å². The van der Waals surface area contributed by atoms with Gasteiger partial charge in [-0.15, -0.1) is 0 Å². The van der Waals surface area contributed by atoms with Crippen molar-refractivity contribution >= 4 is 43.0 Å². The zero-order valence-corrected chi connectivity index (χ0v) is 23.0. The van der Waals surface area contributed by atoms with E-state index in [0.29, 0.717) is 18.0 Å². The molecule has 0 spiro atoms. The molecule has 208 valence electrons. The lowest BCUT2D eigenvalue weighted by molar-refractivity contribution is -0.114. The molecule has 0 aliphatic heterocycles. The Labute approximate surface area is 232 Å². The van der Waals surface area contributed by atoms with E-state index in [1.165, 1.54) is 60.7 Å². The fraction of sp³-hybridized carbons (Fsp3) is 0.107. The summed E-state index contributed by atoms with van der Waals surface area (Å²) in [6.45, 7) is 1.58. The van der Waals surface area contributed by atoms with Crippen LogP contribution in [-0.2, 0) is 24.8 Å². The van der Waals surface area contributed by atoms with Crippen molar-refractivity contribution in [1.29, 1.82) is 0 Å². The molecule has 2 N–H and O–H groups in total. The van der Waals surface area contributed by atoms with E-state index in [0.717, 1.165) is 16.4 Å². The van der Waals surface area contributed by atoms with Crippen LogP contribution in [0.2, 0.25) is 0 Å². The second-order valence-electron chi connectivity index (χ2n) is 8.44. The number of hydrogen-bond donors (Lipinski definition) is 2. The summed E-state index contributed by atoms with van der Waals surface area (Å²) < 4.78 is 74.6. The predicted octanol–water partition coefficient (Wildman–Crippen LogP) is 4.86. The van der Waals surface area contributed by atoms with Gasteiger partial charge in [0.25, 0.3) is 20.0 Å². The van der Waals surface area contributed by atoms with E-state index < -0.39 is 38.3 Å². The highest BCUT2D eigenvalue weighted by Gasteiger charge is 2.27. The molecule has 4 aromatic carbocycles. The summed E-state index contributed by atoms with van der Waals surface area (Å²) in [5.41, 5.74) is 0.731. The third kappa shape index (κ3) is 6.96. The number of sulfonamides is 2. The van der Waals surface area contributed by atoms with Crippen LogP contribution in [0.4, 0.5) is 21.5 Å². The molecule has 4 rings (SSSR count). The Morgan fingerprint density at radius 2 is 1.38 bits per heavy atom. The maximum Gasteiger partial charge on any atom is 0.264 e. The average Bonchev–Trinajstić information content (AvgIpc) is 2.93. The summed E-state index contributed by atoms with van der Waals surface area (Å²) >= 11 is 0. The number of nitrogens with zero attached hydrogens (tertiary/aromatic N) is 1. The van der Waals surface area contributed by atoms with Crippen LogP contribution in [0, 0.1) is 5.82 Å². The Morgan fingerprint density at radius 3 is 1.98 bits per heavy atom. The van der Waals surface area contributed by atoms with Crippen LogP contribution in [0.15, 0.2) is 113 Å². The summed E-state index contributed by atoms with van der Waals surface area (Å²) in [5, 5.41) is 2.58. The van der Waals surface area contributed by atoms with Crippen molar-refractivity contribution in [2.45, 2.75) is 16.7 Å². The van der Waals surface area contributed by atoms with Crippen molar-refractivity contribution in [2.75, 3.05) is 27.5 Å². The second-order valence-corrected chi connectivity index (χ2v) is 12.0. The van der Waals surface area contributed by atoms with Gasteiger partial charge in [0.2, 0.25) is 5.91 Å². The minimum absolute atomic E-state index is 0.0274. The number of rotatable bonds is 11. The molecule has 0 aliphatic rings. The van der Waals surface area contributed by atoms with Crippen LogP contribution in [0.5, 0.6) is 5.75 Å². The zero-order chi connectivity index (χ0) is 28.8. The van der Waals surface area contributed by atoms with Gasteiger partial charge in [0.05, 0.1) is 22.1 Å². The van der Waals surface area contributed by atoms with Gasteiger partial charge >= 0.3 is 0 Å². The van der Waals surface area contributed by atoms with E-state index in [-0.39, 0.29) is 21.2 Å². The van der Waals surface area contributed by atoms with E-state index in [1.807, 2.05) is 0 Å². The van der Waals surface area contributed by atoms with E-state index in [2.05, 4.69) is 10.0 Å². The molecular weight excluding hydrogens is 557 g/mol. The predicted molar refractivity (Wildman–Crippen MR) is 151 cm³/mol. The van der Waals surface area contributed by atoms with E-state index >= 15 is 0 Å². The molecule has 4 aromatic rings. The molecule has 0 bridgehead atoms. The third-order valence-electron chi connectivity index (χ3n) is 5.60. The van der Waals surface area contributed by atoms with Crippen LogP contribution in [0.1, 0.15) is 6.92 Å². The molecular formula is C28H26FN3O6S2. The number of benzene rings is 4. The zero-order valence-electron chi connectivity index (χ0n) is 21.3. The number of halogens is 1. The summed E-state index contributed by atoms with van der Waals surface area (Å²) in [5.74, 6) is -0.780. The van der Waals surface area contributed by atoms with Gasteiger partial charge in [0, 0.05) is 11.4 Å². The summed E-state index contributed by atoms with van der Waals surface area (Å²) in [6.07, 6.45) is 0. The number of ether oxygens (including phenoxy) is 1. The van der Waals surface area contributed by atoms with Crippen molar-refractivity contribution in [3.63, 3.8) is 0 Å². The molecule has 0 radical (unpaired) electrons. The minimum atomic E-state index is -4.23. The van der Waals surface area contributed by atoms with Crippen molar-refractivity contribution in [3.8, 4) is 5.75 Å². The molecule has 0 aromatic heterocycles. The Bertz CT molecular complexity index is 1660. The highest BCUT2D eigenvalue weighted by atomic mass is 32.2. The number of para-hydroxylation sites is 1. The molecule has 40 heavy (non-hydrogen) atoms. The molecule has 0 unspecified atom stereocenters. The van der Waals surface area contributed by atoms with Crippen molar-refractivity contribution in [2.24, 2.45) is 0 Å². The Kier molecular flexibility index (Phi) is 8.70. The Morgan fingerprint density at radius 1 is 0.775 bits per heavy atom. The lowest BCUT2D eigenvalue weighted by atomic mass is 10.3. The SMILES string of the molecule is CCOc1ccc(S(=O)(=O)N(CC(=O)Nc2ccc(S(=O)(=O)Nc3ccccc3)cc2)c2ccc(F)cc2)cc1. The number of hydrogen-bond acceptors (Lipinski definition) is 6. The smallest absolute Gasteiger partial charge is 0.264 e. The van der Waals surface area contributed by atoms with E-state index in [1.54, 1.807) is 37.3 Å². The van der Waals surface area contributed by atoms with Gasteiger partial charge in [-0.25, -0.2) is 21.2 Å². The molecule has 0 saturated carbocycles. The molecule has 0 heterocycles. The quantitative estimate of drug-likeness (QED) is 0.260. The minimum Gasteiger partial charge on any atom is -0.494 e. The van der Waals surface area contributed by atoms with Gasteiger partial charge < -0.3 is 10.1 Å². The Hall–Kier alpha value is -4.42. The van der Waals surface area contributed by atoms with Crippen LogP contribution in [0.3, 0.4) is 0 Å². The standard InChI is InChI=1S/C28H26FN3O6S2/c1-2-38-25-14-18-27(19-15-25)40(36,37)32(24-12-8-21(29)9-13-24)20-28(33)30-22-10-16-26(17-11-22)39(34,35)31-23-6-4-3-5-7-23/h3-19,31H,2,20H2,1H3,(H,30,33). The summed E-state index contributed by atoms with van der Waals surface area (Å²) in [7, 11) is -8.10. The second kappa shape index (κ2) is 12.2. The maximum absolute atomic E-state index is 13.6. The molecule has 9 nitrogen and oxygen atoms in total. The topological polar surface area (TPSA) is 122 Å². The fourth-order valence-electron chi connectivity index (χ4n) is 3.69. The lowest BCUT2D eigenvalue weighted by Gasteiger charge is -2.24. The molecule has 0 fully saturated rings. The highest BCUT2D eigenvalue weighted by Crippen LogP contribution is 2.26. The van der Waals surface area contributed by atoms with Gasteiger partial charge in [0.15, 0.2) is 0 Å². The molecule has 1 amide bonds. The van der Waals surface area contributed by atoms with E-state index in [4.69, 9.17) is 4.74 Å². The van der Waals surface area contributed by atoms with Gasteiger partial charge in [0.1, 0.15) is 18.1 Å². The first-order valence-corrected chi connectivity index (χ1v) is 15.0. The van der Waals surface area contributed by atoms with Crippen LogP contribution < -0.4 is 19.1 Å². The molecule has 0 saturated heterocycles. The van der Waals surface area contributed by atoms with E-state index in [9.17, 15) is 26.0 Å². The largest absolute Gasteiger partial charge is 0.494 e. The van der Waals surface area contributed by atoms with Gasteiger partial charge in [-0.2, -0.15) is 0 Å². The molecule has 0 atom stereocenters. The van der Waals surface area contributed by atoms with Crippen molar-refractivity contribution in [3.05, 3.63) is 109 Å². The number of amides is 1. The third-order valence-corrected chi connectivity index (χ3v) is 8.78. The van der Waals surface area contributed by atoms with Gasteiger partial charge in [-0.3, -0.25) is 13.8 Å². The number of carbonyl (C=O) groups excluding carboxylic acids is 1. The first kappa shape index (κ1) is 28.6. The summed E-state index contributed by atoms with van der Waals surface area (Å²) in [4.78, 5) is 12.8.